The van der Waals surface area contributed by atoms with E-state index in [1.165, 1.54) is 6.20 Å². The number of amides is 1. The molecule has 1 aliphatic rings. The topological polar surface area (TPSA) is 81.1 Å². The van der Waals surface area contributed by atoms with Crippen molar-refractivity contribution in [1.82, 2.24) is 14.5 Å². The molecule has 124 valence electrons. The van der Waals surface area contributed by atoms with Gasteiger partial charge in [0.05, 0.1) is 17.5 Å². The second kappa shape index (κ2) is 6.81. The van der Waals surface area contributed by atoms with Gasteiger partial charge in [-0.15, -0.1) is 0 Å². The lowest BCUT2D eigenvalue weighted by Crippen LogP contribution is -2.34. The van der Waals surface area contributed by atoms with Gasteiger partial charge in [-0.2, -0.15) is 5.10 Å². The van der Waals surface area contributed by atoms with Crippen molar-refractivity contribution in [2.75, 3.05) is 5.75 Å². The van der Waals surface area contributed by atoms with E-state index in [4.69, 9.17) is 0 Å². The maximum Gasteiger partial charge on any atom is 0.268 e. The zero-order valence-electron chi connectivity index (χ0n) is 13.5. The molecule has 1 N–H and O–H groups in total. The summed E-state index contributed by atoms with van der Waals surface area (Å²) in [6.45, 7) is 5.84. The molecular weight excluding hydrogens is 302 g/mol. The molecule has 0 spiro atoms. The van der Waals surface area contributed by atoms with Crippen molar-refractivity contribution in [3.8, 4) is 0 Å². The summed E-state index contributed by atoms with van der Waals surface area (Å²) in [5.41, 5.74) is 1.03. The minimum absolute atomic E-state index is 0.0390. The van der Waals surface area contributed by atoms with E-state index < -0.39 is 15.9 Å². The number of carbonyl (C=O) groups excluding carboxylic acids is 1. The Morgan fingerprint density at radius 2 is 2.09 bits per heavy atom. The van der Waals surface area contributed by atoms with E-state index in [1.807, 2.05) is 13.8 Å². The Morgan fingerprint density at radius 3 is 2.68 bits per heavy atom. The summed E-state index contributed by atoms with van der Waals surface area (Å²) in [6, 6.07) is 0.177. The molecule has 0 aromatic carbocycles. The first-order chi connectivity index (χ1) is 10.3. The normalized spacial score (nSPS) is 17.6. The van der Waals surface area contributed by atoms with Gasteiger partial charge in [0.25, 0.3) is 5.91 Å². The second-order valence-corrected chi connectivity index (χ2v) is 7.98. The SMILES string of the molecule is CCC(C)n1ncc(C(=O)NS(=O)(=O)CC2CCCC2)c1C. The van der Waals surface area contributed by atoms with Crippen molar-refractivity contribution in [3.05, 3.63) is 17.5 Å². The Morgan fingerprint density at radius 1 is 1.45 bits per heavy atom. The quantitative estimate of drug-likeness (QED) is 0.870. The van der Waals surface area contributed by atoms with Crippen molar-refractivity contribution in [2.24, 2.45) is 5.92 Å². The van der Waals surface area contributed by atoms with Crippen LogP contribution in [0.5, 0.6) is 0 Å². The highest BCUT2D eigenvalue weighted by molar-refractivity contribution is 7.90. The molecule has 0 aliphatic heterocycles. The van der Waals surface area contributed by atoms with Crippen LogP contribution >= 0.6 is 0 Å². The van der Waals surface area contributed by atoms with Gasteiger partial charge in [0.15, 0.2) is 0 Å². The summed E-state index contributed by atoms with van der Waals surface area (Å²) >= 11 is 0. The van der Waals surface area contributed by atoms with E-state index in [0.29, 0.717) is 11.3 Å². The van der Waals surface area contributed by atoms with Crippen LogP contribution in [-0.2, 0) is 10.0 Å². The highest BCUT2D eigenvalue weighted by atomic mass is 32.2. The first kappa shape index (κ1) is 17.0. The maximum absolute atomic E-state index is 12.2. The zero-order chi connectivity index (χ0) is 16.3. The molecule has 1 amide bonds. The Labute approximate surface area is 132 Å². The van der Waals surface area contributed by atoms with Gasteiger partial charge in [0.1, 0.15) is 0 Å². The van der Waals surface area contributed by atoms with E-state index in [1.54, 1.807) is 11.6 Å². The third-order valence-corrected chi connectivity index (χ3v) is 5.88. The van der Waals surface area contributed by atoms with E-state index in [9.17, 15) is 13.2 Å². The number of sulfonamides is 1. The molecule has 6 nitrogen and oxygen atoms in total. The zero-order valence-corrected chi connectivity index (χ0v) is 14.3. The third kappa shape index (κ3) is 3.88. The number of carbonyl (C=O) groups is 1. The van der Waals surface area contributed by atoms with Crippen LogP contribution in [0.1, 0.15) is 68.0 Å². The predicted octanol–water partition coefficient (Wildman–Crippen LogP) is 2.41. The molecule has 2 rings (SSSR count). The van der Waals surface area contributed by atoms with Crippen LogP contribution in [0.3, 0.4) is 0 Å². The van der Waals surface area contributed by atoms with E-state index in [-0.39, 0.29) is 17.7 Å². The molecule has 1 aromatic rings. The van der Waals surface area contributed by atoms with E-state index in [0.717, 1.165) is 32.1 Å². The molecule has 1 aromatic heterocycles. The average Bonchev–Trinajstić information content (AvgIpc) is 3.06. The molecule has 1 fully saturated rings. The Bertz CT molecular complexity index is 630. The summed E-state index contributed by atoms with van der Waals surface area (Å²) in [6.07, 6.45) is 6.36. The van der Waals surface area contributed by atoms with Crippen LogP contribution in [0, 0.1) is 12.8 Å². The molecule has 1 heterocycles. The fourth-order valence-corrected chi connectivity index (χ4v) is 4.42. The molecule has 0 bridgehead atoms. The number of aromatic nitrogens is 2. The fraction of sp³-hybridized carbons (Fsp3) is 0.733. The Balaban J connectivity index is 2.07. The summed E-state index contributed by atoms with van der Waals surface area (Å²) in [5, 5.41) is 4.20. The van der Waals surface area contributed by atoms with E-state index >= 15 is 0 Å². The third-order valence-electron chi connectivity index (χ3n) is 4.48. The van der Waals surface area contributed by atoms with Gasteiger partial charge in [-0.25, -0.2) is 13.1 Å². The Kier molecular flexibility index (Phi) is 5.26. The minimum Gasteiger partial charge on any atom is -0.268 e. The summed E-state index contributed by atoms with van der Waals surface area (Å²) in [7, 11) is -3.58. The van der Waals surface area contributed by atoms with Crippen LogP contribution in [0.25, 0.3) is 0 Å². The standard InChI is InChI=1S/C15H25N3O3S/c1-4-11(2)18-12(3)14(9-16-18)15(19)17-22(20,21)10-13-7-5-6-8-13/h9,11,13H,4-8,10H2,1-3H3,(H,17,19). The van der Waals surface area contributed by atoms with Gasteiger partial charge < -0.3 is 0 Å². The lowest BCUT2D eigenvalue weighted by atomic mass is 10.1. The van der Waals surface area contributed by atoms with Crippen molar-refractivity contribution in [1.29, 1.82) is 0 Å². The van der Waals surface area contributed by atoms with Crippen LogP contribution in [0.2, 0.25) is 0 Å². The van der Waals surface area contributed by atoms with Crippen molar-refractivity contribution < 1.29 is 13.2 Å². The monoisotopic (exact) mass is 327 g/mol. The fourth-order valence-electron chi connectivity index (χ4n) is 2.99. The van der Waals surface area contributed by atoms with Crippen LogP contribution < -0.4 is 4.72 Å². The number of nitrogens with zero attached hydrogens (tertiary/aromatic N) is 2. The largest absolute Gasteiger partial charge is 0.268 e. The molecule has 1 saturated carbocycles. The van der Waals surface area contributed by atoms with Gasteiger partial charge in [-0.1, -0.05) is 19.8 Å². The van der Waals surface area contributed by atoms with Gasteiger partial charge in [-0.3, -0.25) is 9.48 Å². The average molecular weight is 327 g/mol. The molecule has 1 aliphatic carbocycles. The summed E-state index contributed by atoms with van der Waals surface area (Å²) in [5.74, 6) is -0.364. The van der Waals surface area contributed by atoms with Crippen molar-refractivity contribution in [2.45, 2.75) is 58.9 Å². The highest BCUT2D eigenvalue weighted by Gasteiger charge is 2.26. The lowest BCUT2D eigenvalue weighted by Gasteiger charge is -2.13. The summed E-state index contributed by atoms with van der Waals surface area (Å²) < 4.78 is 28.2. The first-order valence-electron chi connectivity index (χ1n) is 7.93. The molecule has 22 heavy (non-hydrogen) atoms. The van der Waals surface area contributed by atoms with Crippen LogP contribution in [0.4, 0.5) is 0 Å². The van der Waals surface area contributed by atoms with Crippen LogP contribution in [-0.4, -0.2) is 29.9 Å². The molecule has 1 atom stereocenters. The number of hydrogen-bond donors (Lipinski definition) is 1. The highest BCUT2D eigenvalue weighted by Crippen LogP contribution is 2.25. The molecular formula is C15H25N3O3S. The number of rotatable bonds is 6. The van der Waals surface area contributed by atoms with Crippen LogP contribution in [0.15, 0.2) is 6.20 Å². The maximum atomic E-state index is 12.2. The molecule has 7 heteroatoms. The second-order valence-electron chi connectivity index (χ2n) is 6.21. The molecule has 1 unspecified atom stereocenters. The van der Waals surface area contributed by atoms with Gasteiger partial charge in [0.2, 0.25) is 10.0 Å². The van der Waals surface area contributed by atoms with Gasteiger partial charge in [0, 0.05) is 11.7 Å². The van der Waals surface area contributed by atoms with Gasteiger partial charge >= 0.3 is 0 Å². The van der Waals surface area contributed by atoms with Crippen molar-refractivity contribution in [3.63, 3.8) is 0 Å². The molecule has 0 radical (unpaired) electrons. The number of nitrogens with one attached hydrogen (secondary N) is 1. The summed E-state index contributed by atoms with van der Waals surface area (Å²) in [4.78, 5) is 12.2. The van der Waals surface area contributed by atoms with Crippen molar-refractivity contribution >= 4 is 15.9 Å². The molecule has 0 saturated heterocycles. The van der Waals surface area contributed by atoms with E-state index in [2.05, 4.69) is 9.82 Å². The Hall–Kier alpha value is -1.37. The van der Waals surface area contributed by atoms with Gasteiger partial charge in [-0.05, 0) is 39.0 Å². The lowest BCUT2D eigenvalue weighted by molar-refractivity contribution is 0.0980. The number of hydrogen-bond acceptors (Lipinski definition) is 4. The smallest absolute Gasteiger partial charge is 0.268 e. The minimum atomic E-state index is -3.58. The first-order valence-corrected chi connectivity index (χ1v) is 9.58. The predicted molar refractivity (Wildman–Crippen MR) is 85.2 cm³/mol.